The van der Waals surface area contributed by atoms with Gasteiger partial charge in [0, 0.05) is 0 Å². The van der Waals surface area contributed by atoms with Gasteiger partial charge < -0.3 is 0 Å². The van der Waals surface area contributed by atoms with E-state index in [4.69, 9.17) is 0 Å². The average molecular weight is 181 g/mol. The molecule has 0 spiro atoms. The van der Waals surface area contributed by atoms with Crippen LogP contribution >= 0.6 is 38.9 Å². The summed E-state index contributed by atoms with van der Waals surface area (Å²) in [6.45, 7) is 6.00. The van der Waals surface area contributed by atoms with Crippen molar-refractivity contribution in [2.24, 2.45) is 0 Å². The Morgan fingerprint density at radius 3 is 1.14 bits per heavy atom. The summed E-state index contributed by atoms with van der Waals surface area (Å²) in [5.41, 5.74) is 0. The third-order valence-electron chi connectivity index (χ3n) is 0. The van der Waals surface area contributed by atoms with Crippen LogP contribution in [-0.4, -0.2) is 0 Å². The van der Waals surface area contributed by atoms with Crippen LogP contribution in [0.3, 0.4) is 0 Å². The van der Waals surface area contributed by atoms with Crippen LogP contribution in [0.2, 0.25) is 0 Å². The summed E-state index contributed by atoms with van der Waals surface area (Å²) in [6, 6.07) is 0. The Morgan fingerprint density at radius 1 is 1.14 bits per heavy atom. The summed E-state index contributed by atoms with van der Waals surface area (Å²) >= 11 is 13.8. The van der Waals surface area contributed by atoms with E-state index in [0.29, 0.717) is 0 Å². The fourth-order valence-electron chi connectivity index (χ4n) is 0. The van der Waals surface area contributed by atoms with Crippen molar-refractivity contribution in [3.63, 3.8) is 0 Å². The second kappa shape index (κ2) is 4.99. The van der Waals surface area contributed by atoms with Crippen LogP contribution in [0.5, 0.6) is 0 Å². The molecule has 0 aromatic heterocycles. The molecule has 0 bridgehead atoms. The van der Waals surface area contributed by atoms with Crippen molar-refractivity contribution in [1.29, 1.82) is 0 Å². The molecule has 7 heavy (non-hydrogen) atoms. The van der Waals surface area contributed by atoms with Crippen molar-refractivity contribution in [2.45, 2.75) is 0 Å². The minimum absolute atomic E-state index is 3.00. The summed E-state index contributed by atoms with van der Waals surface area (Å²) in [5.74, 6) is 0. The topological polar surface area (TPSA) is 17.1 Å². The quantitative estimate of drug-likeness (QED) is 0.412. The molecule has 1 nitrogen and oxygen atoms in total. The van der Waals surface area contributed by atoms with Crippen molar-refractivity contribution < 1.29 is 4.57 Å². The van der Waals surface area contributed by atoms with Crippen molar-refractivity contribution in [1.82, 2.24) is 0 Å². The molecule has 5 heteroatoms. The molecule has 0 saturated carbocycles. The van der Waals surface area contributed by atoms with E-state index in [1.54, 1.807) is 0 Å². The molecule has 0 heterocycles. The minimum atomic E-state index is -3.22. The van der Waals surface area contributed by atoms with Crippen LogP contribution in [-0.2, 0) is 4.57 Å². The number of halogens is 3. The predicted octanol–water partition coefficient (Wildman–Crippen LogP) is 3.61. The van der Waals surface area contributed by atoms with E-state index in [-0.39, 0.29) is 0 Å². The standard InChI is InChI=1S/C2H4.Cl3OP/c1-2;1-5(2,3)4/h1-2H2;. The highest BCUT2D eigenvalue weighted by atomic mass is 36.0. The zero-order valence-electron chi connectivity index (χ0n) is 3.40. The first-order valence-corrected chi connectivity index (χ1v) is 5.61. The van der Waals surface area contributed by atoms with Gasteiger partial charge in [-0.05, 0) is 33.7 Å². The summed E-state index contributed by atoms with van der Waals surface area (Å²) in [5, 5.41) is -3.22. The van der Waals surface area contributed by atoms with E-state index in [1.165, 1.54) is 0 Å². The molecule has 44 valence electrons. The summed E-state index contributed by atoms with van der Waals surface area (Å²) in [7, 11) is 0. The predicted molar refractivity (Wildman–Crippen MR) is 36.4 cm³/mol. The monoisotopic (exact) mass is 180 g/mol. The molecular weight excluding hydrogens is 177 g/mol. The fourth-order valence-corrected chi connectivity index (χ4v) is 0. The molecule has 0 N–H and O–H groups in total. The normalized spacial score (nSPS) is 9.00. The molecule has 0 fully saturated rings. The lowest BCUT2D eigenvalue weighted by Crippen LogP contribution is -1.19. The van der Waals surface area contributed by atoms with Crippen LogP contribution in [0.25, 0.3) is 0 Å². The van der Waals surface area contributed by atoms with Crippen molar-refractivity contribution in [3.8, 4) is 0 Å². The number of hydrogen-bond acceptors (Lipinski definition) is 1. The molecule has 0 aliphatic heterocycles. The third-order valence-corrected chi connectivity index (χ3v) is 0. The Morgan fingerprint density at radius 2 is 1.14 bits per heavy atom. The first-order valence-electron chi connectivity index (χ1n) is 1.19. The lowest BCUT2D eigenvalue weighted by molar-refractivity contribution is 0.600. The van der Waals surface area contributed by atoms with Gasteiger partial charge in [-0.25, -0.2) is 0 Å². The number of rotatable bonds is 0. The minimum Gasteiger partial charge on any atom is -0.271 e. The molecular formula is C2H4Cl3OP. The maximum absolute atomic E-state index is 9.51. The Hall–Kier alpha value is 0.840. The van der Waals surface area contributed by atoms with E-state index in [2.05, 4.69) is 46.9 Å². The highest BCUT2D eigenvalue weighted by molar-refractivity contribution is 8.24. The van der Waals surface area contributed by atoms with Crippen LogP contribution in [0, 0.1) is 0 Å². The van der Waals surface area contributed by atoms with Gasteiger partial charge in [-0.3, -0.25) is 4.57 Å². The van der Waals surface area contributed by atoms with Crippen molar-refractivity contribution in [2.75, 3.05) is 0 Å². The first kappa shape index (κ1) is 10.8. The van der Waals surface area contributed by atoms with Crippen molar-refractivity contribution >= 4 is 38.9 Å². The Labute approximate surface area is 57.0 Å². The fraction of sp³-hybridized carbons (Fsp3) is 0. The van der Waals surface area contributed by atoms with E-state index < -0.39 is 5.20 Å². The molecule has 0 aromatic carbocycles. The second-order valence-electron chi connectivity index (χ2n) is 0.399. The lowest BCUT2D eigenvalue weighted by Gasteiger charge is -1.74. The van der Waals surface area contributed by atoms with Gasteiger partial charge in [-0.2, -0.15) is 0 Å². The van der Waals surface area contributed by atoms with Gasteiger partial charge in [0.2, 0.25) is 0 Å². The molecule has 0 saturated heterocycles. The van der Waals surface area contributed by atoms with Crippen LogP contribution < -0.4 is 0 Å². The number of hydrogen-bond donors (Lipinski definition) is 0. The van der Waals surface area contributed by atoms with Gasteiger partial charge in [0.25, 0.3) is 0 Å². The van der Waals surface area contributed by atoms with Gasteiger partial charge in [0.05, 0.1) is 0 Å². The van der Waals surface area contributed by atoms with Crippen LogP contribution in [0.4, 0.5) is 0 Å². The smallest absolute Gasteiger partial charge is 0.271 e. The molecule has 0 unspecified atom stereocenters. The Bertz CT molecular complexity index is 68.7. The zero-order chi connectivity index (χ0) is 6.50. The zero-order valence-corrected chi connectivity index (χ0v) is 6.57. The van der Waals surface area contributed by atoms with Gasteiger partial charge in [0.1, 0.15) is 0 Å². The van der Waals surface area contributed by atoms with Gasteiger partial charge in [0.15, 0.2) is 0 Å². The molecule has 0 aromatic rings. The van der Waals surface area contributed by atoms with E-state index >= 15 is 0 Å². The van der Waals surface area contributed by atoms with Gasteiger partial charge in [-0.1, -0.05) is 0 Å². The van der Waals surface area contributed by atoms with E-state index in [0.717, 1.165) is 0 Å². The molecule has 0 radical (unpaired) electrons. The van der Waals surface area contributed by atoms with Gasteiger partial charge in [-0.15, -0.1) is 13.2 Å². The third kappa shape index (κ3) is 227. The lowest BCUT2D eigenvalue weighted by atomic mass is 11.3. The maximum Gasteiger partial charge on any atom is 0.339 e. The Kier molecular flexibility index (Phi) is 7.66. The summed E-state index contributed by atoms with van der Waals surface area (Å²) < 4.78 is 9.51. The highest BCUT2D eigenvalue weighted by Crippen LogP contribution is 2.61. The maximum atomic E-state index is 9.51. The summed E-state index contributed by atoms with van der Waals surface area (Å²) in [4.78, 5) is 0. The largest absolute Gasteiger partial charge is 0.339 e. The molecule has 0 aliphatic carbocycles. The average Bonchev–Trinajstić information content (AvgIpc) is 1.36. The van der Waals surface area contributed by atoms with Crippen LogP contribution in [0.1, 0.15) is 0 Å². The molecule has 0 atom stereocenters. The van der Waals surface area contributed by atoms with E-state index in [1.807, 2.05) is 0 Å². The second-order valence-corrected chi connectivity index (χ2v) is 7.04. The molecule has 0 amide bonds. The van der Waals surface area contributed by atoms with Crippen LogP contribution in [0.15, 0.2) is 13.2 Å². The first-order chi connectivity index (χ1) is 3.00. The SMILES string of the molecule is C=C.O=P(Cl)(Cl)Cl. The molecule has 0 rings (SSSR count). The molecule has 0 aliphatic rings. The summed E-state index contributed by atoms with van der Waals surface area (Å²) in [6.07, 6.45) is 0. The van der Waals surface area contributed by atoms with Gasteiger partial charge >= 0.3 is 5.20 Å². The van der Waals surface area contributed by atoms with Crippen molar-refractivity contribution in [3.05, 3.63) is 13.2 Å². The Balaban J connectivity index is 0. The van der Waals surface area contributed by atoms with E-state index in [9.17, 15) is 4.57 Å². The highest BCUT2D eigenvalue weighted by Gasteiger charge is 2.02.